The summed E-state index contributed by atoms with van der Waals surface area (Å²) in [5, 5.41) is 8.23. The van der Waals surface area contributed by atoms with Crippen LogP contribution >= 0.6 is 0 Å². The van der Waals surface area contributed by atoms with E-state index in [1.54, 1.807) is 0 Å². The van der Waals surface area contributed by atoms with Crippen LogP contribution in [0.2, 0.25) is 0 Å². The maximum atomic E-state index is 11.6. The van der Waals surface area contributed by atoms with E-state index >= 15 is 0 Å². The van der Waals surface area contributed by atoms with Crippen LogP contribution in [-0.2, 0) is 18.1 Å². The van der Waals surface area contributed by atoms with Gasteiger partial charge in [-0.3, -0.25) is 4.79 Å². The molecule has 0 saturated carbocycles. The van der Waals surface area contributed by atoms with Crippen LogP contribution in [0.1, 0.15) is 40.0 Å². The summed E-state index contributed by atoms with van der Waals surface area (Å²) in [6.45, 7) is 6.24. The lowest BCUT2D eigenvalue weighted by Crippen LogP contribution is -2.53. The van der Waals surface area contributed by atoms with E-state index in [-0.39, 0.29) is 5.41 Å². The Morgan fingerprint density at radius 1 is 1.18 bits per heavy atom. The van der Waals surface area contributed by atoms with Gasteiger partial charge in [0.05, 0.1) is 6.07 Å². The average molecular weight is 259 g/mol. The third-order valence-corrected chi connectivity index (χ3v) is 4.86. The fraction of sp³-hybridized carbons (Fsp3) is 0.818. The molecule has 0 aromatic heterocycles. The van der Waals surface area contributed by atoms with Crippen molar-refractivity contribution in [2.75, 3.05) is 19.8 Å². The zero-order valence-electron chi connectivity index (χ0n) is 10.8. The summed E-state index contributed by atoms with van der Waals surface area (Å²) >= 11 is 0. The van der Waals surface area contributed by atoms with E-state index in [4.69, 9.17) is 18.5 Å². The van der Waals surface area contributed by atoms with E-state index in [2.05, 4.69) is 6.07 Å². The fourth-order valence-corrected chi connectivity index (χ4v) is 3.36. The highest BCUT2D eigenvalue weighted by molar-refractivity contribution is 6.92. The van der Waals surface area contributed by atoms with Gasteiger partial charge in [-0.2, -0.15) is 5.26 Å². The first kappa shape index (κ1) is 16.3. The van der Waals surface area contributed by atoms with Gasteiger partial charge in [-0.15, -0.1) is 0 Å². The minimum atomic E-state index is -3.15. The minimum absolute atomic E-state index is 0.165. The Balaban J connectivity index is 4.26. The van der Waals surface area contributed by atoms with Crippen molar-refractivity contribution in [1.82, 2.24) is 0 Å². The van der Waals surface area contributed by atoms with Crippen molar-refractivity contribution in [2.24, 2.45) is 0 Å². The van der Waals surface area contributed by atoms with Crippen LogP contribution in [0.5, 0.6) is 0 Å². The average Bonchev–Trinajstić information content (AvgIpc) is 2.29. The van der Waals surface area contributed by atoms with Crippen molar-refractivity contribution in [2.45, 2.75) is 40.0 Å². The number of nitrogens with zero attached hydrogens (tertiary/aromatic N) is 1. The van der Waals surface area contributed by atoms with Crippen molar-refractivity contribution < 1.29 is 18.1 Å². The molecule has 0 radical (unpaired) electrons. The second-order valence-corrected chi connectivity index (χ2v) is 6.12. The molecule has 5 nitrogen and oxygen atoms in total. The van der Waals surface area contributed by atoms with Crippen molar-refractivity contribution in [3.05, 3.63) is 0 Å². The molecule has 0 aromatic rings. The highest BCUT2D eigenvalue weighted by Crippen LogP contribution is 2.12. The van der Waals surface area contributed by atoms with Crippen LogP contribution in [0, 0.1) is 11.3 Å². The molecule has 6 heteroatoms. The third kappa shape index (κ3) is 5.93. The predicted octanol–water partition coefficient (Wildman–Crippen LogP) is 1.84. The van der Waals surface area contributed by atoms with E-state index in [1.807, 2.05) is 13.8 Å². The number of unbranched alkanes of at least 4 members (excludes halogenated alkanes) is 2. The highest BCUT2D eigenvalue weighted by Gasteiger charge is 2.47. The first-order valence-corrected chi connectivity index (χ1v) is 7.65. The number of hydrogen-bond acceptors (Lipinski definition) is 5. The molecule has 98 valence electrons. The minimum Gasteiger partial charge on any atom is -0.369 e. The first-order valence-electron chi connectivity index (χ1n) is 5.92. The lowest BCUT2D eigenvalue weighted by molar-refractivity contribution is -0.117. The monoisotopic (exact) mass is 259 g/mol. The van der Waals surface area contributed by atoms with Crippen LogP contribution in [-0.4, -0.2) is 34.0 Å². The number of nitriles is 1. The SMILES string of the molecule is CCO[Si](OCC)(OCCCCC#N)C(C)=O. The van der Waals surface area contributed by atoms with Crippen molar-refractivity contribution in [3.8, 4) is 6.07 Å². The second kappa shape index (κ2) is 9.30. The van der Waals surface area contributed by atoms with Gasteiger partial charge in [0, 0.05) is 26.2 Å². The van der Waals surface area contributed by atoms with Gasteiger partial charge in [0.15, 0.2) is 5.41 Å². The topological polar surface area (TPSA) is 68.6 Å². The summed E-state index contributed by atoms with van der Waals surface area (Å²) in [5.74, 6) is 0. The maximum Gasteiger partial charge on any atom is 0.574 e. The largest absolute Gasteiger partial charge is 0.574 e. The molecule has 0 rings (SSSR count). The van der Waals surface area contributed by atoms with Crippen molar-refractivity contribution in [3.63, 3.8) is 0 Å². The molecule has 0 atom stereocenters. The zero-order valence-corrected chi connectivity index (χ0v) is 11.8. The first-order chi connectivity index (χ1) is 8.13. The van der Waals surface area contributed by atoms with Gasteiger partial charge in [-0.1, -0.05) is 0 Å². The lowest BCUT2D eigenvalue weighted by Gasteiger charge is -2.25. The quantitative estimate of drug-likeness (QED) is 0.442. The molecule has 17 heavy (non-hydrogen) atoms. The van der Waals surface area contributed by atoms with Gasteiger partial charge in [-0.05, 0) is 33.6 Å². The molecule has 0 aliphatic heterocycles. The van der Waals surface area contributed by atoms with Crippen LogP contribution in [0.15, 0.2) is 0 Å². The normalized spacial score (nSPS) is 11.2. The van der Waals surface area contributed by atoms with E-state index < -0.39 is 8.80 Å². The highest BCUT2D eigenvalue weighted by atomic mass is 28.4. The second-order valence-electron chi connectivity index (χ2n) is 3.44. The number of hydrogen-bond donors (Lipinski definition) is 0. The Hall–Kier alpha value is -0.743. The van der Waals surface area contributed by atoms with E-state index in [0.29, 0.717) is 26.2 Å². The molecule has 0 N–H and O–H groups in total. The Morgan fingerprint density at radius 3 is 2.18 bits per heavy atom. The Kier molecular flexibility index (Phi) is 8.90. The van der Waals surface area contributed by atoms with Crippen LogP contribution in [0.4, 0.5) is 0 Å². The van der Waals surface area contributed by atoms with Gasteiger partial charge >= 0.3 is 8.80 Å². The summed E-state index contributed by atoms with van der Waals surface area (Å²) in [4.78, 5) is 11.6. The molecule has 0 bridgehead atoms. The van der Waals surface area contributed by atoms with Gasteiger partial charge in [-0.25, -0.2) is 0 Å². The summed E-state index contributed by atoms with van der Waals surface area (Å²) in [5.41, 5.74) is 0. The molecular formula is C11H21NO4Si. The number of carbonyl (C=O) groups excluding carboxylic acids is 1. The number of rotatable bonds is 10. The Morgan fingerprint density at radius 2 is 1.76 bits per heavy atom. The molecule has 0 aliphatic rings. The van der Waals surface area contributed by atoms with Gasteiger partial charge in [0.2, 0.25) is 0 Å². The number of carbonyl (C=O) groups is 1. The van der Waals surface area contributed by atoms with Crippen LogP contribution in [0.25, 0.3) is 0 Å². The third-order valence-electron chi connectivity index (χ3n) is 2.07. The zero-order chi connectivity index (χ0) is 13.1. The summed E-state index contributed by atoms with van der Waals surface area (Å²) in [6.07, 6.45) is 1.99. The molecule has 0 aromatic carbocycles. The fourth-order valence-electron chi connectivity index (χ4n) is 1.32. The van der Waals surface area contributed by atoms with Crippen molar-refractivity contribution in [1.29, 1.82) is 5.26 Å². The van der Waals surface area contributed by atoms with Gasteiger partial charge < -0.3 is 13.3 Å². The molecule has 0 saturated heterocycles. The predicted molar refractivity (Wildman–Crippen MR) is 65.1 cm³/mol. The van der Waals surface area contributed by atoms with Crippen molar-refractivity contribution >= 4 is 14.2 Å². The lowest BCUT2D eigenvalue weighted by atomic mass is 10.3. The molecule has 0 heterocycles. The molecule has 0 fully saturated rings. The van der Waals surface area contributed by atoms with Gasteiger partial charge in [0.25, 0.3) is 0 Å². The molecule has 0 amide bonds. The van der Waals surface area contributed by atoms with Crippen LogP contribution in [0.3, 0.4) is 0 Å². The van der Waals surface area contributed by atoms with Crippen LogP contribution < -0.4 is 0 Å². The summed E-state index contributed by atoms with van der Waals surface area (Å²) in [7, 11) is -3.15. The molecule has 0 spiro atoms. The summed E-state index contributed by atoms with van der Waals surface area (Å²) < 4.78 is 16.4. The van der Waals surface area contributed by atoms with E-state index in [9.17, 15) is 4.79 Å². The Labute approximate surface area is 104 Å². The molecular weight excluding hydrogens is 238 g/mol. The maximum absolute atomic E-state index is 11.6. The molecule has 0 aliphatic carbocycles. The van der Waals surface area contributed by atoms with E-state index in [0.717, 1.165) is 12.8 Å². The Bertz CT molecular complexity index is 259. The van der Waals surface area contributed by atoms with Gasteiger partial charge in [0.1, 0.15) is 0 Å². The smallest absolute Gasteiger partial charge is 0.369 e. The standard InChI is InChI=1S/C11H21NO4Si/c1-4-14-17(11(3)13,15-5-2)16-10-8-6-7-9-12/h4-8,10H2,1-3H3. The van der Waals surface area contributed by atoms with E-state index in [1.165, 1.54) is 6.92 Å². The summed E-state index contributed by atoms with van der Waals surface area (Å²) in [6, 6.07) is 2.06. The molecule has 0 unspecified atom stereocenters.